The van der Waals surface area contributed by atoms with Crippen molar-refractivity contribution >= 4 is 29.1 Å². The number of hydrogen-bond donors (Lipinski definition) is 2. The van der Waals surface area contributed by atoms with Gasteiger partial charge in [0.15, 0.2) is 0 Å². The Hall–Kier alpha value is -2.33. The van der Waals surface area contributed by atoms with Crippen LogP contribution in [0.1, 0.15) is 16.5 Å². The summed E-state index contributed by atoms with van der Waals surface area (Å²) in [5, 5.41) is 1.98. The van der Waals surface area contributed by atoms with Crippen LogP contribution in [0.15, 0.2) is 54.6 Å². The molecule has 0 bridgehead atoms. The number of halogens is 1. The molecule has 0 saturated heterocycles. The minimum atomic E-state index is -0.753. The van der Waals surface area contributed by atoms with Gasteiger partial charge in [0, 0.05) is 5.69 Å². The molecule has 108 valence electrons. The number of amides is 2. The zero-order chi connectivity index (χ0) is 15.2. The van der Waals surface area contributed by atoms with Gasteiger partial charge in [-0.25, -0.2) is 0 Å². The van der Waals surface area contributed by atoms with Crippen LogP contribution in [0, 0.1) is 0 Å². The zero-order valence-corrected chi connectivity index (χ0v) is 12.0. The predicted octanol–water partition coefficient (Wildman–Crippen LogP) is 2.63. The van der Waals surface area contributed by atoms with E-state index in [4.69, 9.17) is 17.3 Å². The van der Waals surface area contributed by atoms with E-state index in [0.717, 1.165) is 11.1 Å². The summed E-state index contributed by atoms with van der Waals surface area (Å²) >= 11 is 6.13. The van der Waals surface area contributed by atoms with E-state index in [0.29, 0.717) is 5.69 Å². The average molecular weight is 303 g/mol. The van der Waals surface area contributed by atoms with E-state index < -0.39 is 11.3 Å². The Bertz CT molecular complexity index is 626. The number of hydrogen-bond acceptors (Lipinski definition) is 2. The van der Waals surface area contributed by atoms with E-state index in [1.54, 1.807) is 36.4 Å². The van der Waals surface area contributed by atoms with Crippen LogP contribution in [-0.2, 0) is 16.0 Å². The third kappa shape index (κ3) is 4.33. The van der Waals surface area contributed by atoms with Crippen molar-refractivity contribution in [3.05, 3.63) is 65.7 Å². The van der Waals surface area contributed by atoms with E-state index in [-0.39, 0.29) is 12.3 Å². The van der Waals surface area contributed by atoms with E-state index in [2.05, 4.69) is 5.32 Å². The predicted molar refractivity (Wildman–Crippen MR) is 83.0 cm³/mol. The molecule has 2 amide bonds. The molecule has 0 aliphatic carbocycles. The quantitative estimate of drug-likeness (QED) is 0.833. The molecular formula is C16H15ClN2O2. The van der Waals surface area contributed by atoms with Crippen LogP contribution >= 0.6 is 11.6 Å². The molecule has 4 nitrogen and oxygen atoms in total. The van der Waals surface area contributed by atoms with E-state index in [9.17, 15) is 9.59 Å². The Morgan fingerprint density at radius 2 is 1.67 bits per heavy atom. The molecule has 2 aromatic rings. The molecule has 0 aromatic heterocycles. The van der Waals surface area contributed by atoms with E-state index in [1.165, 1.54) is 0 Å². The Morgan fingerprint density at radius 1 is 1.05 bits per heavy atom. The Morgan fingerprint density at radius 3 is 2.24 bits per heavy atom. The maximum atomic E-state index is 12.1. The highest BCUT2D eigenvalue weighted by Gasteiger charge is 2.17. The topological polar surface area (TPSA) is 72.2 Å². The molecule has 0 saturated carbocycles. The van der Waals surface area contributed by atoms with Gasteiger partial charge in [0.1, 0.15) is 5.38 Å². The maximum Gasteiger partial charge on any atom is 0.246 e. The summed E-state index contributed by atoms with van der Waals surface area (Å²) in [5.41, 5.74) is 7.28. The lowest BCUT2D eigenvalue weighted by atomic mass is 10.1. The second-order valence-electron chi connectivity index (χ2n) is 4.60. The van der Waals surface area contributed by atoms with Crippen molar-refractivity contribution in [1.82, 2.24) is 0 Å². The molecule has 0 radical (unpaired) electrons. The number of benzene rings is 2. The molecule has 5 heteroatoms. The summed E-state index contributed by atoms with van der Waals surface area (Å²) in [6.45, 7) is 0. The number of primary amides is 1. The third-order valence-corrected chi connectivity index (χ3v) is 3.37. The average Bonchev–Trinajstić information content (AvgIpc) is 2.49. The number of nitrogens with two attached hydrogens (primary N) is 1. The monoisotopic (exact) mass is 302 g/mol. The summed E-state index contributed by atoms with van der Waals surface area (Å²) in [6.07, 6.45) is 0.177. The molecule has 2 aromatic carbocycles. The van der Waals surface area contributed by atoms with Gasteiger partial charge >= 0.3 is 0 Å². The maximum absolute atomic E-state index is 12.1. The largest absolute Gasteiger partial charge is 0.369 e. The number of carbonyl (C=O) groups excluding carboxylic acids is 2. The standard InChI is InChI=1S/C16H15ClN2O2/c17-15(12-4-2-1-3-5-12)16(21)19-13-8-6-11(7-9-13)10-14(18)20/h1-9,15H,10H2,(H2,18,20)(H,19,21). The molecule has 0 fully saturated rings. The van der Waals surface area contributed by atoms with Gasteiger partial charge in [-0.05, 0) is 23.3 Å². The van der Waals surface area contributed by atoms with Gasteiger partial charge in [-0.3, -0.25) is 9.59 Å². The first kappa shape index (κ1) is 15.1. The van der Waals surface area contributed by atoms with Crippen molar-refractivity contribution in [1.29, 1.82) is 0 Å². The second-order valence-corrected chi connectivity index (χ2v) is 5.04. The number of rotatable bonds is 5. The number of nitrogens with one attached hydrogen (secondary N) is 1. The van der Waals surface area contributed by atoms with Crippen LogP contribution in [0.4, 0.5) is 5.69 Å². The first-order chi connectivity index (χ1) is 10.1. The van der Waals surface area contributed by atoms with Crippen molar-refractivity contribution in [3.8, 4) is 0 Å². The fourth-order valence-corrected chi connectivity index (χ4v) is 2.09. The molecule has 1 atom stereocenters. The molecule has 0 spiro atoms. The van der Waals surface area contributed by atoms with E-state index >= 15 is 0 Å². The van der Waals surface area contributed by atoms with Gasteiger partial charge < -0.3 is 11.1 Å². The van der Waals surface area contributed by atoms with Crippen LogP contribution in [0.3, 0.4) is 0 Å². The molecule has 0 aliphatic rings. The van der Waals surface area contributed by atoms with Gasteiger partial charge in [-0.2, -0.15) is 0 Å². The fraction of sp³-hybridized carbons (Fsp3) is 0.125. The van der Waals surface area contributed by atoms with Crippen LogP contribution in [0.5, 0.6) is 0 Å². The smallest absolute Gasteiger partial charge is 0.246 e. The Labute approximate surface area is 127 Å². The third-order valence-electron chi connectivity index (χ3n) is 2.92. The van der Waals surface area contributed by atoms with Crippen LogP contribution in [-0.4, -0.2) is 11.8 Å². The second kappa shape index (κ2) is 6.90. The summed E-state index contributed by atoms with van der Waals surface area (Å²) in [7, 11) is 0. The normalized spacial score (nSPS) is 11.7. The van der Waals surface area contributed by atoms with Gasteiger partial charge in [0.25, 0.3) is 0 Å². The first-order valence-corrected chi connectivity index (χ1v) is 6.87. The van der Waals surface area contributed by atoms with Crippen LogP contribution in [0.2, 0.25) is 0 Å². The highest BCUT2D eigenvalue weighted by atomic mass is 35.5. The Balaban J connectivity index is 2.01. The van der Waals surface area contributed by atoms with Gasteiger partial charge in [-0.1, -0.05) is 42.5 Å². The zero-order valence-electron chi connectivity index (χ0n) is 11.3. The molecule has 1 unspecified atom stereocenters. The lowest BCUT2D eigenvalue weighted by Crippen LogP contribution is -2.17. The fourth-order valence-electron chi connectivity index (χ4n) is 1.89. The highest BCUT2D eigenvalue weighted by Crippen LogP contribution is 2.22. The van der Waals surface area contributed by atoms with Crippen LogP contribution in [0.25, 0.3) is 0 Å². The number of anilines is 1. The Kier molecular flexibility index (Phi) is 4.95. The van der Waals surface area contributed by atoms with Crippen molar-refractivity contribution < 1.29 is 9.59 Å². The van der Waals surface area contributed by atoms with Crippen molar-refractivity contribution in [2.75, 3.05) is 5.32 Å². The summed E-state index contributed by atoms with van der Waals surface area (Å²) < 4.78 is 0. The number of carbonyl (C=O) groups is 2. The first-order valence-electron chi connectivity index (χ1n) is 6.43. The van der Waals surface area contributed by atoms with Gasteiger partial charge in [-0.15, -0.1) is 11.6 Å². The van der Waals surface area contributed by atoms with Gasteiger partial charge in [0.2, 0.25) is 11.8 Å². The summed E-state index contributed by atoms with van der Waals surface area (Å²) in [4.78, 5) is 22.9. The van der Waals surface area contributed by atoms with Gasteiger partial charge in [0.05, 0.1) is 6.42 Å². The summed E-state index contributed by atoms with van der Waals surface area (Å²) in [5.74, 6) is -0.692. The lowest BCUT2D eigenvalue weighted by Gasteiger charge is -2.11. The van der Waals surface area contributed by atoms with Crippen molar-refractivity contribution in [2.45, 2.75) is 11.8 Å². The minimum absolute atomic E-state index is 0.177. The summed E-state index contributed by atoms with van der Waals surface area (Å²) in [6, 6.07) is 16.0. The molecule has 2 rings (SSSR count). The minimum Gasteiger partial charge on any atom is -0.369 e. The number of alkyl halides is 1. The SMILES string of the molecule is NC(=O)Cc1ccc(NC(=O)C(Cl)c2ccccc2)cc1. The molecular weight excluding hydrogens is 288 g/mol. The molecule has 0 heterocycles. The van der Waals surface area contributed by atoms with E-state index in [1.807, 2.05) is 18.2 Å². The molecule has 21 heavy (non-hydrogen) atoms. The molecule has 0 aliphatic heterocycles. The van der Waals surface area contributed by atoms with Crippen molar-refractivity contribution in [3.63, 3.8) is 0 Å². The van der Waals surface area contributed by atoms with Crippen molar-refractivity contribution in [2.24, 2.45) is 5.73 Å². The molecule has 3 N–H and O–H groups in total. The highest BCUT2D eigenvalue weighted by molar-refractivity contribution is 6.32. The lowest BCUT2D eigenvalue weighted by molar-refractivity contribution is -0.117. The van der Waals surface area contributed by atoms with Crippen LogP contribution < -0.4 is 11.1 Å².